The van der Waals surface area contributed by atoms with Gasteiger partial charge >= 0.3 is 0 Å². The van der Waals surface area contributed by atoms with Gasteiger partial charge in [-0.15, -0.1) is 0 Å². The summed E-state index contributed by atoms with van der Waals surface area (Å²) in [6.45, 7) is 4.58. The van der Waals surface area contributed by atoms with Gasteiger partial charge < -0.3 is 9.30 Å². The third-order valence-electron chi connectivity index (χ3n) is 3.48. The number of hydrogen-bond acceptors (Lipinski definition) is 5. The van der Waals surface area contributed by atoms with Crippen LogP contribution in [-0.2, 0) is 14.8 Å². The zero-order valence-electron chi connectivity index (χ0n) is 11.6. The summed E-state index contributed by atoms with van der Waals surface area (Å²) < 4.78 is 33.1. The van der Waals surface area contributed by atoms with Crippen LogP contribution in [0.15, 0.2) is 17.6 Å². The van der Waals surface area contributed by atoms with Crippen molar-refractivity contribution in [1.82, 2.24) is 13.9 Å². The molecule has 1 aromatic heterocycles. The summed E-state index contributed by atoms with van der Waals surface area (Å²) in [5, 5.41) is 9.03. The number of ether oxygens (including phenoxy) is 1. The van der Waals surface area contributed by atoms with Crippen molar-refractivity contribution in [2.24, 2.45) is 0 Å². The van der Waals surface area contributed by atoms with Crippen molar-refractivity contribution in [2.75, 3.05) is 19.8 Å². The van der Waals surface area contributed by atoms with Crippen molar-refractivity contribution in [3.63, 3.8) is 0 Å². The minimum Gasteiger partial charge on any atom is -0.377 e. The van der Waals surface area contributed by atoms with Crippen molar-refractivity contribution < 1.29 is 13.2 Å². The van der Waals surface area contributed by atoms with Gasteiger partial charge in [-0.3, -0.25) is 0 Å². The molecule has 20 heavy (non-hydrogen) atoms. The molecule has 1 aliphatic rings. The van der Waals surface area contributed by atoms with Crippen LogP contribution in [0, 0.1) is 11.3 Å². The number of rotatable bonds is 4. The monoisotopic (exact) mass is 298 g/mol. The average molecular weight is 298 g/mol. The molecule has 2 heterocycles. The first-order chi connectivity index (χ1) is 9.50. The van der Waals surface area contributed by atoms with E-state index in [1.807, 2.05) is 19.9 Å². The van der Waals surface area contributed by atoms with E-state index >= 15 is 0 Å². The van der Waals surface area contributed by atoms with Gasteiger partial charge in [-0.05, 0) is 13.3 Å². The van der Waals surface area contributed by atoms with E-state index in [1.54, 1.807) is 4.57 Å². The second-order valence-corrected chi connectivity index (χ2v) is 6.59. The molecular weight excluding hydrogens is 280 g/mol. The van der Waals surface area contributed by atoms with E-state index in [2.05, 4.69) is 4.98 Å². The van der Waals surface area contributed by atoms with E-state index in [0.29, 0.717) is 6.61 Å². The number of imidazole rings is 1. The topological polar surface area (TPSA) is 88.2 Å². The van der Waals surface area contributed by atoms with Crippen LogP contribution >= 0.6 is 0 Å². The molecule has 2 atom stereocenters. The van der Waals surface area contributed by atoms with E-state index in [9.17, 15) is 8.42 Å². The highest BCUT2D eigenvalue weighted by molar-refractivity contribution is 7.89. The van der Waals surface area contributed by atoms with Crippen molar-refractivity contribution in [3.8, 4) is 6.07 Å². The van der Waals surface area contributed by atoms with Crippen LogP contribution in [-0.4, -0.2) is 48.1 Å². The summed E-state index contributed by atoms with van der Waals surface area (Å²) in [5.41, 5.74) is 0. The van der Waals surface area contributed by atoms with Crippen molar-refractivity contribution in [2.45, 2.75) is 37.4 Å². The minimum absolute atomic E-state index is 0.0139. The molecule has 110 valence electrons. The third-order valence-corrected chi connectivity index (χ3v) is 5.27. The summed E-state index contributed by atoms with van der Waals surface area (Å²) in [6, 6.07) is 1.35. The van der Waals surface area contributed by atoms with Gasteiger partial charge in [-0.1, -0.05) is 6.92 Å². The smallest absolute Gasteiger partial charge is 0.263 e. The highest BCUT2D eigenvalue weighted by Gasteiger charge is 2.35. The molecule has 0 saturated carbocycles. The number of sulfonamides is 1. The van der Waals surface area contributed by atoms with Gasteiger partial charge in [0.05, 0.1) is 25.6 Å². The molecule has 7 nitrogen and oxygen atoms in total. The van der Waals surface area contributed by atoms with Crippen LogP contribution in [0.2, 0.25) is 0 Å². The molecule has 0 unspecified atom stereocenters. The first-order valence-electron chi connectivity index (χ1n) is 6.53. The summed E-state index contributed by atoms with van der Waals surface area (Å²) in [5.74, 6) is 0. The Kier molecular flexibility index (Phi) is 4.42. The van der Waals surface area contributed by atoms with E-state index in [0.717, 1.165) is 6.42 Å². The second kappa shape index (κ2) is 5.91. The van der Waals surface area contributed by atoms with Crippen molar-refractivity contribution >= 4 is 10.0 Å². The standard InChI is InChI=1S/C12H18N4O3S/c1-3-10(2)15-7-12(14-9-15)20(17,18)16-4-5-19-8-11(16)6-13/h7,9-11H,3-5,8H2,1-2H3/t10-,11+/m0/s1. The molecule has 0 amide bonds. The molecule has 0 N–H and O–H groups in total. The molecule has 0 bridgehead atoms. The fraction of sp³-hybridized carbons (Fsp3) is 0.667. The van der Waals surface area contributed by atoms with E-state index in [1.165, 1.54) is 16.8 Å². The third kappa shape index (κ3) is 2.70. The Bertz CT molecular complexity index is 604. The lowest BCUT2D eigenvalue weighted by Gasteiger charge is -2.29. The highest BCUT2D eigenvalue weighted by atomic mass is 32.2. The Hall–Kier alpha value is -1.43. The maximum atomic E-state index is 12.5. The van der Waals surface area contributed by atoms with Crippen LogP contribution in [0.1, 0.15) is 26.3 Å². The van der Waals surface area contributed by atoms with Crippen LogP contribution in [0.5, 0.6) is 0 Å². The van der Waals surface area contributed by atoms with Gasteiger partial charge in [0.2, 0.25) is 0 Å². The largest absolute Gasteiger partial charge is 0.377 e. The number of nitrogens with zero attached hydrogens (tertiary/aromatic N) is 4. The fourth-order valence-electron chi connectivity index (χ4n) is 2.00. The van der Waals surface area contributed by atoms with Gasteiger partial charge in [-0.25, -0.2) is 13.4 Å². The summed E-state index contributed by atoms with van der Waals surface area (Å²) in [7, 11) is -3.75. The molecule has 0 spiro atoms. The molecule has 0 radical (unpaired) electrons. The van der Waals surface area contributed by atoms with Gasteiger partial charge in [0.25, 0.3) is 10.0 Å². The predicted molar refractivity (Wildman–Crippen MR) is 71.3 cm³/mol. The molecule has 1 saturated heterocycles. The quantitative estimate of drug-likeness (QED) is 0.819. The number of aromatic nitrogens is 2. The van der Waals surface area contributed by atoms with Crippen molar-refractivity contribution in [3.05, 3.63) is 12.5 Å². The highest BCUT2D eigenvalue weighted by Crippen LogP contribution is 2.20. The number of hydrogen-bond donors (Lipinski definition) is 0. The number of morpholine rings is 1. The lowest BCUT2D eigenvalue weighted by atomic mass is 10.3. The van der Waals surface area contributed by atoms with Gasteiger partial charge in [-0.2, -0.15) is 9.57 Å². The zero-order valence-corrected chi connectivity index (χ0v) is 12.4. The maximum absolute atomic E-state index is 12.5. The lowest BCUT2D eigenvalue weighted by molar-refractivity contribution is 0.0510. The van der Waals surface area contributed by atoms with E-state index in [4.69, 9.17) is 10.00 Å². The molecule has 8 heteroatoms. The molecular formula is C12H18N4O3S. The average Bonchev–Trinajstić information content (AvgIpc) is 2.97. The minimum atomic E-state index is -3.75. The number of nitriles is 1. The van der Waals surface area contributed by atoms with Crippen LogP contribution in [0.4, 0.5) is 0 Å². The first kappa shape index (κ1) is 15.0. The van der Waals surface area contributed by atoms with Crippen LogP contribution < -0.4 is 0 Å². The van der Waals surface area contributed by atoms with E-state index < -0.39 is 16.1 Å². The SMILES string of the molecule is CC[C@H](C)n1cnc(S(=O)(=O)N2CCOC[C@H]2C#N)c1. The molecule has 0 aromatic carbocycles. The molecule has 1 fully saturated rings. The summed E-state index contributed by atoms with van der Waals surface area (Å²) in [4.78, 5) is 3.98. The van der Waals surface area contributed by atoms with Gasteiger partial charge in [0, 0.05) is 18.8 Å². The van der Waals surface area contributed by atoms with Crippen LogP contribution in [0.25, 0.3) is 0 Å². The predicted octanol–water partition coefficient (Wildman–Crippen LogP) is 0.767. The molecule has 1 aliphatic heterocycles. The normalized spacial score (nSPS) is 22.4. The van der Waals surface area contributed by atoms with Crippen LogP contribution in [0.3, 0.4) is 0 Å². The Labute approximate surface area is 118 Å². The van der Waals surface area contributed by atoms with Gasteiger partial charge in [0.1, 0.15) is 6.04 Å². The van der Waals surface area contributed by atoms with Crippen molar-refractivity contribution in [1.29, 1.82) is 5.26 Å². The first-order valence-corrected chi connectivity index (χ1v) is 7.97. The Morgan fingerprint density at radius 2 is 2.40 bits per heavy atom. The zero-order chi connectivity index (χ0) is 14.8. The Balaban J connectivity index is 2.30. The Morgan fingerprint density at radius 3 is 3.05 bits per heavy atom. The second-order valence-electron chi connectivity index (χ2n) is 4.75. The summed E-state index contributed by atoms with van der Waals surface area (Å²) in [6.07, 6.45) is 3.92. The maximum Gasteiger partial charge on any atom is 0.263 e. The molecule has 0 aliphatic carbocycles. The van der Waals surface area contributed by atoms with Gasteiger partial charge in [0.15, 0.2) is 5.03 Å². The fourth-order valence-corrected chi connectivity index (χ4v) is 3.43. The Morgan fingerprint density at radius 1 is 1.65 bits per heavy atom. The molecule has 2 rings (SSSR count). The lowest BCUT2D eigenvalue weighted by Crippen LogP contribution is -2.47. The van der Waals surface area contributed by atoms with E-state index in [-0.39, 0.29) is 24.2 Å². The molecule has 1 aromatic rings. The summed E-state index contributed by atoms with van der Waals surface area (Å²) >= 11 is 0.